The van der Waals surface area contributed by atoms with E-state index in [4.69, 9.17) is 26.2 Å². The van der Waals surface area contributed by atoms with Crippen molar-refractivity contribution in [2.24, 2.45) is 5.92 Å². The lowest BCUT2D eigenvalue weighted by Gasteiger charge is -2.24. The van der Waals surface area contributed by atoms with Crippen LogP contribution in [0.4, 0.5) is 0 Å². The summed E-state index contributed by atoms with van der Waals surface area (Å²) in [4.78, 5) is 23.3. The topological polar surface area (TPSA) is 84.9 Å². The fourth-order valence-corrected chi connectivity index (χ4v) is 1.95. The van der Waals surface area contributed by atoms with E-state index in [-0.39, 0.29) is 12.5 Å². The summed E-state index contributed by atoms with van der Waals surface area (Å²) in [6, 6.07) is 5.55. The molecule has 0 aliphatic carbocycles. The molecule has 0 fully saturated rings. The fraction of sp³-hybridized carbons (Fsp3) is 0.467. The number of rotatable bonds is 8. The highest BCUT2D eigenvalue weighted by Gasteiger charge is 2.29. The zero-order valence-electron chi connectivity index (χ0n) is 12.7. The molecule has 0 spiro atoms. The molecule has 6 nitrogen and oxygen atoms in total. The van der Waals surface area contributed by atoms with E-state index in [1.165, 1.54) is 7.11 Å². The quantitative estimate of drug-likeness (QED) is 0.761. The molecule has 1 aromatic rings. The number of hydrogen-bond acceptors (Lipinski definition) is 4. The number of halogens is 1. The third-order valence-corrected chi connectivity index (χ3v) is 3.11. The van der Waals surface area contributed by atoms with Crippen LogP contribution in [0.5, 0.6) is 5.75 Å². The highest BCUT2D eigenvalue weighted by Crippen LogP contribution is 2.20. The number of carbonyl (C=O) groups excluding carboxylic acids is 1. The van der Waals surface area contributed by atoms with Gasteiger partial charge in [0, 0.05) is 12.1 Å². The molecule has 0 aliphatic rings. The third kappa shape index (κ3) is 5.54. The van der Waals surface area contributed by atoms with Crippen molar-refractivity contribution in [1.29, 1.82) is 0 Å². The maximum absolute atomic E-state index is 12.3. The molecule has 2 unspecified atom stereocenters. The van der Waals surface area contributed by atoms with Gasteiger partial charge in [0.1, 0.15) is 5.75 Å². The maximum atomic E-state index is 12.3. The van der Waals surface area contributed by atoms with Crippen LogP contribution in [-0.2, 0) is 14.3 Å². The van der Waals surface area contributed by atoms with Crippen LogP contribution in [0, 0.1) is 5.92 Å². The van der Waals surface area contributed by atoms with E-state index < -0.39 is 24.0 Å². The Balaban J connectivity index is 2.81. The van der Waals surface area contributed by atoms with Crippen molar-refractivity contribution < 1.29 is 24.2 Å². The van der Waals surface area contributed by atoms with E-state index in [9.17, 15) is 9.59 Å². The van der Waals surface area contributed by atoms with Crippen LogP contribution < -0.4 is 10.1 Å². The summed E-state index contributed by atoms with van der Waals surface area (Å²) in [5.74, 6) is -1.39. The molecule has 2 N–H and O–H groups in total. The van der Waals surface area contributed by atoms with Gasteiger partial charge in [0.25, 0.3) is 5.91 Å². The molecule has 122 valence electrons. The van der Waals surface area contributed by atoms with Gasteiger partial charge in [-0.2, -0.15) is 0 Å². The molecule has 1 rings (SSSR count). The molecule has 0 heterocycles. The second kappa shape index (κ2) is 8.60. The summed E-state index contributed by atoms with van der Waals surface area (Å²) in [6.07, 6.45) is -0.836. The molecule has 0 radical (unpaired) electrons. The van der Waals surface area contributed by atoms with Gasteiger partial charge >= 0.3 is 5.97 Å². The number of aliphatic carboxylic acids is 1. The predicted octanol–water partition coefficient (Wildman–Crippen LogP) is 1.96. The van der Waals surface area contributed by atoms with E-state index in [2.05, 4.69) is 5.32 Å². The van der Waals surface area contributed by atoms with E-state index >= 15 is 0 Å². The number of amides is 1. The van der Waals surface area contributed by atoms with Crippen LogP contribution >= 0.6 is 11.6 Å². The van der Waals surface area contributed by atoms with Gasteiger partial charge in [0.05, 0.1) is 6.61 Å². The number of methoxy groups -OCH3 is 1. The first-order valence-corrected chi connectivity index (χ1v) is 7.17. The van der Waals surface area contributed by atoms with Crippen molar-refractivity contribution in [3.63, 3.8) is 0 Å². The summed E-state index contributed by atoms with van der Waals surface area (Å²) in [7, 11) is 1.37. The second-order valence-corrected chi connectivity index (χ2v) is 5.53. The predicted molar refractivity (Wildman–Crippen MR) is 82.1 cm³/mol. The number of carboxylic acids is 1. The average Bonchev–Trinajstić information content (AvgIpc) is 2.43. The highest BCUT2D eigenvalue weighted by atomic mass is 35.5. The van der Waals surface area contributed by atoms with Gasteiger partial charge in [-0.3, -0.25) is 4.79 Å². The Morgan fingerprint density at radius 2 is 2.05 bits per heavy atom. The monoisotopic (exact) mass is 329 g/mol. The number of benzene rings is 1. The van der Waals surface area contributed by atoms with Crippen molar-refractivity contribution in [2.75, 3.05) is 13.7 Å². The van der Waals surface area contributed by atoms with Crippen molar-refractivity contribution in [3.05, 3.63) is 29.3 Å². The van der Waals surface area contributed by atoms with E-state index in [1.807, 2.05) is 0 Å². The minimum absolute atomic E-state index is 0.122. The molecule has 0 saturated heterocycles. The Kier molecular flexibility index (Phi) is 7.14. The zero-order valence-corrected chi connectivity index (χ0v) is 13.5. The smallest absolute Gasteiger partial charge is 0.328 e. The second-order valence-electron chi connectivity index (χ2n) is 5.09. The van der Waals surface area contributed by atoms with Crippen LogP contribution in [0.15, 0.2) is 24.3 Å². The van der Waals surface area contributed by atoms with Crippen LogP contribution in [-0.4, -0.2) is 42.8 Å². The van der Waals surface area contributed by atoms with Crippen LogP contribution in [0.3, 0.4) is 0 Å². The Morgan fingerprint density at radius 3 is 2.55 bits per heavy atom. The average molecular weight is 330 g/mol. The first-order chi connectivity index (χ1) is 10.3. The Labute approximate surface area is 134 Å². The van der Waals surface area contributed by atoms with Crippen molar-refractivity contribution in [3.8, 4) is 5.75 Å². The number of nitrogens with one attached hydrogen (secondary N) is 1. The minimum atomic E-state index is -1.17. The van der Waals surface area contributed by atoms with Crippen molar-refractivity contribution in [2.45, 2.75) is 26.0 Å². The van der Waals surface area contributed by atoms with E-state index in [0.29, 0.717) is 10.8 Å². The SMILES string of the molecule is COCC(NC(=O)C(Oc1cccc(Cl)c1)C(C)C)C(=O)O. The number of carbonyl (C=O) groups is 2. The number of ether oxygens (including phenoxy) is 2. The summed E-state index contributed by atoms with van der Waals surface area (Å²) in [6.45, 7) is 3.49. The van der Waals surface area contributed by atoms with Gasteiger partial charge in [0.15, 0.2) is 12.1 Å². The molecule has 0 aromatic heterocycles. The number of carboxylic acid groups (broad SMARTS) is 1. The highest BCUT2D eigenvalue weighted by molar-refractivity contribution is 6.30. The molecule has 7 heteroatoms. The van der Waals surface area contributed by atoms with Crippen molar-refractivity contribution in [1.82, 2.24) is 5.32 Å². The molecule has 0 aliphatic heterocycles. The Morgan fingerprint density at radius 1 is 1.36 bits per heavy atom. The van der Waals surface area contributed by atoms with E-state index in [1.54, 1.807) is 38.1 Å². The molecule has 1 amide bonds. The molecule has 1 aromatic carbocycles. The summed E-state index contributed by atoms with van der Waals surface area (Å²) < 4.78 is 10.4. The molecule has 22 heavy (non-hydrogen) atoms. The van der Waals surface area contributed by atoms with Crippen LogP contribution in [0.25, 0.3) is 0 Å². The lowest BCUT2D eigenvalue weighted by molar-refractivity contribution is -0.145. The normalized spacial score (nSPS) is 13.5. The standard InChI is InChI=1S/C15H20ClNO5/c1-9(2)13(22-11-6-4-5-10(16)7-11)14(18)17-12(8-21-3)15(19)20/h4-7,9,12-13H,8H2,1-3H3,(H,17,18)(H,19,20). The van der Waals surface area contributed by atoms with Gasteiger partial charge < -0.3 is 19.9 Å². The lowest BCUT2D eigenvalue weighted by Crippen LogP contribution is -2.50. The van der Waals surface area contributed by atoms with Gasteiger partial charge in [-0.1, -0.05) is 31.5 Å². The summed E-state index contributed by atoms with van der Waals surface area (Å²) >= 11 is 5.88. The summed E-state index contributed by atoms with van der Waals surface area (Å²) in [5, 5.41) is 11.9. The largest absolute Gasteiger partial charge is 0.480 e. The van der Waals surface area contributed by atoms with Gasteiger partial charge in [-0.15, -0.1) is 0 Å². The van der Waals surface area contributed by atoms with Crippen LogP contribution in [0.1, 0.15) is 13.8 Å². The van der Waals surface area contributed by atoms with Gasteiger partial charge in [-0.25, -0.2) is 4.79 Å². The molecular formula is C15H20ClNO5. The molecule has 0 bridgehead atoms. The maximum Gasteiger partial charge on any atom is 0.328 e. The van der Waals surface area contributed by atoms with Crippen molar-refractivity contribution >= 4 is 23.5 Å². The Hall–Kier alpha value is -1.79. The molecule has 2 atom stereocenters. The van der Waals surface area contributed by atoms with Crippen LogP contribution in [0.2, 0.25) is 5.02 Å². The Bertz CT molecular complexity index is 520. The minimum Gasteiger partial charge on any atom is -0.480 e. The third-order valence-electron chi connectivity index (χ3n) is 2.87. The summed E-state index contributed by atoms with van der Waals surface area (Å²) in [5.41, 5.74) is 0. The number of hydrogen-bond donors (Lipinski definition) is 2. The lowest BCUT2D eigenvalue weighted by atomic mass is 10.1. The first-order valence-electron chi connectivity index (χ1n) is 6.79. The molecule has 0 saturated carbocycles. The van der Waals surface area contributed by atoms with Gasteiger partial charge in [0.2, 0.25) is 0 Å². The van der Waals surface area contributed by atoms with Gasteiger partial charge in [-0.05, 0) is 24.1 Å². The zero-order chi connectivity index (χ0) is 16.7. The fourth-order valence-electron chi connectivity index (χ4n) is 1.77. The first kappa shape index (κ1) is 18.3. The molecular weight excluding hydrogens is 310 g/mol. The van der Waals surface area contributed by atoms with E-state index in [0.717, 1.165) is 0 Å².